The molecule has 1 N–H and O–H groups in total. The third-order valence-corrected chi connectivity index (χ3v) is 4.24. The van der Waals surface area contributed by atoms with Crippen LogP contribution in [-0.2, 0) is 18.3 Å². The number of benzene rings is 1. The first-order chi connectivity index (χ1) is 9.72. The molecule has 1 aromatic carbocycles. The summed E-state index contributed by atoms with van der Waals surface area (Å²) in [6.45, 7) is 2.16. The fraction of sp³-hybridized carbons (Fsp3) is 0.385. The van der Waals surface area contributed by atoms with Crippen LogP contribution >= 0.6 is 23.4 Å². The molecule has 0 unspecified atom stereocenters. The zero-order valence-corrected chi connectivity index (χ0v) is 13.0. The Morgan fingerprint density at radius 2 is 2.30 bits per heavy atom. The summed E-state index contributed by atoms with van der Waals surface area (Å²) in [6, 6.07) is 5.88. The third kappa shape index (κ3) is 3.96. The van der Waals surface area contributed by atoms with E-state index in [0.717, 1.165) is 27.2 Å². The number of methoxy groups -OCH3 is 1. The van der Waals surface area contributed by atoms with Gasteiger partial charge in [0.1, 0.15) is 6.33 Å². The summed E-state index contributed by atoms with van der Waals surface area (Å²) in [6.07, 6.45) is 1.55. The molecule has 0 saturated carbocycles. The highest BCUT2D eigenvalue weighted by Crippen LogP contribution is 2.32. The Kier molecular flexibility index (Phi) is 5.85. The minimum absolute atomic E-state index is 0.677. The van der Waals surface area contributed by atoms with Crippen LogP contribution in [0.3, 0.4) is 0 Å². The Hall–Kier alpha value is -1.08. The van der Waals surface area contributed by atoms with E-state index in [0.29, 0.717) is 13.2 Å². The van der Waals surface area contributed by atoms with Gasteiger partial charge in [0.05, 0.1) is 6.61 Å². The molecule has 2 aromatic rings. The lowest BCUT2D eigenvalue weighted by atomic mass is 10.2. The van der Waals surface area contributed by atoms with E-state index in [9.17, 15) is 0 Å². The first-order valence-electron chi connectivity index (χ1n) is 6.21. The maximum absolute atomic E-state index is 6.29. The number of hydrogen-bond acceptors (Lipinski definition) is 5. The van der Waals surface area contributed by atoms with Crippen molar-refractivity contribution in [2.75, 3.05) is 20.3 Å². The van der Waals surface area contributed by atoms with Gasteiger partial charge in [0.2, 0.25) is 0 Å². The summed E-state index contributed by atoms with van der Waals surface area (Å²) in [5.41, 5.74) is 1.07. The number of nitrogens with one attached hydrogen (secondary N) is 1. The molecule has 0 fully saturated rings. The predicted molar refractivity (Wildman–Crippen MR) is 80.2 cm³/mol. The molecule has 1 heterocycles. The molecule has 0 aliphatic carbocycles. The first-order valence-corrected chi connectivity index (χ1v) is 7.40. The average molecular weight is 313 g/mol. The number of nitrogens with zero attached hydrogens (tertiary/aromatic N) is 3. The lowest BCUT2D eigenvalue weighted by molar-refractivity contribution is 0.199. The molecule has 1 aromatic heterocycles. The van der Waals surface area contributed by atoms with Crippen molar-refractivity contribution in [1.82, 2.24) is 20.1 Å². The molecule has 20 heavy (non-hydrogen) atoms. The second-order valence-electron chi connectivity index (χ2n) is 4.15. The van der Waals surface area contributed by atoms with Gasteiger partial charge in [-0.3, -0.25) is 0 Å². The van der Waals surface area contributed by atoms with Crippen LogP contribution in [0.4, 0.5) is 0 Å². The summed E-state index contributed by atoms with van der Waals surface area (Å²) in [5, 5.41) is 8.97. The highest BCUT2D eigenvalue weighted by Gasteiger charge is 2.11. The second kappa shape index (κ2) is 7.64. The zero-order chi connectivity index (χ0) is 14.4. The van der Waals surface area contributed by atoms with Crippen molar-refractivity contribution in [3.05, 3.63) is 35.1 Å². The largest absolute Gasteiger partial charge is 0.383 e. The minimum atomic E-state index is 0.677. The summed E-state index contributed by atoms with van der Waals surface area (Å²) in [5.74, 6) is 0. The van der Waals surface area contributed by atoms with Crippen LogP contribution in [0.15, 0.2) is 34.6 Å². The number of aryl methyl sites for hydroxylation is 1. The van der Waals surface area contributed by atoms with Crippen LogP contribution in [0.25, 0.3) is 0 Å². The molecular formula is C13H17ClN4OS. The van der Waals surface area contributed by atoms with Gasteiger partial charge in [-0.15, -0.1) is 0 Å². The van der Waals surface area contributed by atoms with E-state index in [-0.39, 0.29) is 0 Å². The fourth-order valence-electron chi connectivity index (χ4n) is 1.67. The maximum Gasteiger partial charge on any atom is 0.190 e. The summed E-state index contributed by atoms with van der Waals surface area (Å²) < 4.78 is 6.76. The standard InChI is InChI=1S/C13H17ClN4OS/c1-18-13(16-9-17-18)20-12-5-3-4-11(14)10(12)8-15-6-7-19-2/h3-5,9,15H,6-8H2,1-2H3. The van der Waals surface area contributed by atoms with Crippen LogP contribution in [0.2, 0.25) is 5.02 Å². The molecule has 2 rings (SSSR count). The van der Waals surface area contributed by atoms with Gasteiger partial charge in [0.15, 0.2) is 5.16 Å². The van der Waals surface area contributed by atoms with E-state index in [4.69, 9.17) is 16.3 Å². The Labute approximate surface area is 127 Å². The lowest BCUT2D eigenvalue weighted by Gasteiger charge is -2.11. The molecule has 7 heteroatoms. The highest BCUT2D eigenvalue weighted by molar-refractivity contribution is 7.99. The highest BCUT2D eigenvalue weighted by atomic mass is 35.5. The van der Waals surface area contributed by atoms with Crippen molar-refractivity contribution in [3.63, 3.8) is 0 Å². The predicted octanol–water partition coefficient (Wildman–Crippen LogP) is 2.36. The lowest BCUT2D eigenvalue weighted by Crippen LogP contribution is -2.19. The van der Waals surface area contributed by atoms with Gasteiger partial charge in [-0.05, 0) is 29.5 Å². The molecule has 0 bridgehead atoms. The summed E-state index contributed by atoms with van der Waals surface area (Å²) in [4.78, 5) is 5.30. The number of aromatic nitrogens is 3. The Bertz CT molecular complexity index is 561. The molecule has 0 spiro atoms. The van der Waals surface area contributed by atoms with Crippen molar-refractivity contribution >= 4 is 23.4 Å². The maximum atomic E-state index is 6.29. The monoisotopic (exact) mass is 312 g/mol. The molecule has 0 saturated heterocycles. The summed E-state index contributed by atoms with van der Waals surface area (Å²) >= 11 is 7.85. The van der Waals surface area contributed by atoms with E-state index in [1.807, 2.05) is 25.2 Å². The third-order valence-electron chi connectivity index (χ3n) is 2.73. The Morgan fingerprint density at radius 1 is 1.45 bits per heavy atom. The van der Waals surface area contributed by atoms with Crippen molar-refractivity contribution in [2.24, 2.45) is 7.05 Å². The van der Waals surface area contributed by atoms with Crippen molar-refractivity contribution < 1.29 is 4.74 Å². The number of halogens is 1. The zero-order valence-electron chi connectivity index (χ0n) is 11.5. The van der Waals surface area contributed by atoms with Gasteiger partial charge in [0.25, 0.3) is 0 Å². The topological polar surface area (TPSA) is 52.0 Å². The number of rotatable bonds is 7. The molecule has 0 aliphatic heterocycles. The van der Waals surface area contributed by atoms with Crippen LogP contribution in [0.1, 0.15) is 5.56 Å². The van der Waals surface area contributed by atoms with Crippen LogP contribution in [0.5, 0.6) is 0 Å². The van der Waals surface area contributed by atoms with E-state index in [1.165, 1.54) is 0 Å². The summed E-state index contributed by atoms with van der Waals surface area (Å²) in [7, 11) is 3.56. The van der Waals surface area contributed by atoms with Crippen molar-refractivity contribution in [3.8, 4) is 0 Å². The van der Waals surface area contributed by atoms with Crippen molar-refractivity contribution in [1.29, 1.82) is 0 Å². The number of hydrogen-bond donors (Lipinski definition) is 1. The Morgan fingerprint density at radius 3 is 3.00 bits per heavy atom. The van der Waals surface area contributed by atoms with Gasteiger partial charge in [-0.2, -0.15) is 5.10 Å². The van der Waals surface area contributed by atoms with Crippen molar-refractivity contribution in [2.45, 2.75) is 16.6 Å². The molecule has 0 aliphatic rings. The molecule has 0 atom stereocenters. The molecule has 108 valence electrons. The Balaban J connectivity index is 2.11. The van der Waals surface area contributed by atoms with E-state index < -0.39 is 0 Å². The fourth-order valence-corrected chi connectivity index (χ4v) is 2.90. The van der Waals surface area contributed by atoms with Gasteiger partial charge in [-0.25, -0.2) is 9.67 Å². The van der Waals surface area contributed by atoms with Crippen LogP contribution < -0.4 is 5.32 Å². The van der Waals surface area contributed by atoms with Gasteiger partial charge in [-0.1, -0.05) is 17.7 Å². The van der Waals surface area contributed by atoms with Crippen LogP contribution in [-0.4, -0.2) is 35.0 Å². The normalized spacial score (nSPS) is 10.9. The molecule has 0 amide bonds. The quantitative estimate of drug-likeness (QED) is 0.795. The molecule has 5 nitrogen and oxygen atoms in total. The van der Waals surface area contributed by atoms with Gasteiger partial charge < -0.3 is 10.1 Å². The average Bonchev–Trinajstić information content (AvgIpc) is 2.83. The molecular weight excluding hydrogens is 296 g/mol. The van der Waals surface area contributed by atoms with Gasteiger partial charge >= 0.3 is 0 Å². The molecule has 0 radical (unpaired) electrons. The van der Waals surface area contributed by atoms with E-state index >= 15 is 0 Å². The smallest absolute Gasteiger partial charge is 0.190 e. The first kappa shape index (κ1) is 15.3. The van der Waals surface area contributed by atoms with Crippen LogP contribution in [0, 0.1) is 0 Å². The SMILES string of the molecule is COCCNCc1c(Cl)cccc1Sc1ncnn1C. The second-order valence-corrected chi connectivity index (χ2v) is 5.57. The number of ether oxygens (including phenoxy) is 1. The van der Waals surface area contributed by atoms with E-state index in [2.05, 4.69) is 15.4 Å². The van der Waals surface area contributed by atoms with E-state index in [1.54, 1.807) is 29.9 Å². The minimum Gasteiger partial charge on any atom is -0.383 e. The van der Waals surface area contributed by atoms with Gasteiger partial charge in [0, 0.05) is 37.2 Å².